The van der Waals surface area contributed by atoms with E-state index in [-0.39, 0.29) is 26.5 Å². The van der Waals surface area contributed by atoms with Crippen LogP contribution in [0.3, 0.4) is 0 Å². The molecule has 0 saturated heterocycles. The number of fused-ring (bicyclic) bond motifs is 4. The fraction of sp³-hybridized carbons (Fsp3) is 0.236. The standard InChI is InChI=1S/C55H45N4O.Pt/c1-53(2,3)37-24-25-56-51(28-37)59-46-17-8-7-16-44(46)45-23-21-42(30-50(45)59)60-41-15-11-14-40(29-41)57-34-58(48-19-10-9-18-47(48)57)49-27-38(20-22-43(49)35-12-5-4-6-13-35)54-31-36-26-39-32-55(39,33-54)52(36)54;/h4-25,27-28,34,36,39,52H,26,31-33H2,1-3H3;/q-3;. The average molecular weight is 973 g/mol. The van der Waals surface area contributed by atoms with Crippen molar-refractivity contribution < 1.29 is 25.8 Å². The predicted octanol–water partition coefficient (Wildman–Crippen LogP) is 13.6. The van der Waals surface area contributed by atoms with Gasteiger partial charge in [0.2, 0.25) is 0 Å². The van der Waals surface area contributed by atoms with E-state index in [0.717, 1.165) is 62.4 Å². The van der Waals surface area contributed by atoms with E-state index in [1.54, 1.807) is 0 Å². The van der Waals surface area contributed by atoms with Crippen LogP contribution in [-0.4, -0.2) is 9.55 Å². The van der Waals surface area contributed by atoms with Crippen molar-refractivity contribution in [2.75, 3.05) is 9.80 Å². The molecule has 6 aromatic carbocycles. The predicted molar refractivity (Wildman–Crippen MR) is 241 cm³/mol. The van der Waals surface area contributed by atoms with Gasteiger partial charge in [-0.15, -0.1) is 48.1 Å². The number of nitrogens with zero attached hydrogens (tertiary/aromatic N) is 4. The molecule has 1 aliphatic heterocycles. The maximum Gasteiger partial charge on any atom is 0.135 e. The number of para-hydroxylation sites is 3. The maximum absolute atomic E-state index is 6.65. The van der Waals surface area contributed by atoms with Gasteiger partial charge in [-0.2, -0.15) is 12.1 Å². The van der Waals surface area contributed by atoms with Crippen LogP contribution in [0, 0.1) is 42.0 Å². The molecule has 5 aliphatic rings. The van der Waals surface area contributed by atoms with Crippen LogP contribution in [0.2, 0.25) is 0 Å². The quantitative estimate of drug-likeness (QED) is 0.149. The molecule has 13 rings (SSSR count). The summed E-state index contributed by atoms with van der Waals surface area (Å²) in [7, 11) is 0. The Labute approximate surface area is 372 Å². The number of hydrogen-bond acceptors (Lipinski definition) is 4. The molecule has 4 aliphatic carbocycles. The summed E-state index contributed by atoms with van der Waals surface area (Å²) in [4.78, 5) is 9.52. The Morgan fingerprint density at radius 3 is 2.34 bits per heavy atom. The molecule has 5 atom stereocenters. The van der Waals surface area contributed by atoms with Gasteiger partial charge in [0.25, 0.3) is 0 Å². The molecule has 0 N–H and O–H groups in total. The van der Waals surface area contributed by atoms with Gasteiger partial charge in [0.05, 0.1) is 0 Å². The SMILES string of the molecule is CC(C)(C)c1ccnc(-n2c3[c-]c(Oc4[c-]c(N5[CH-]N(c6cc(C78CC9CC%10CC%10(C7)C98)ccc6-c6ccccc6)c6ccccc65)ccc4)ccc3c3ccccc32)c1.[Pt]. The van der Waals surface area contributed by atoms with Crippen LogP contribution >= 0.6 is 0 Å². The summed E-state index contributed by atoms with van der Waals surface area (Å²) >= 11 is 0. The van der Waals surface area contributed by atoms with E-state index in [1.807, 2.05) is 18.3 Å². The molecule has 6 heteroatoms. The summed E-state index contributed by atoms with van der Waals surface area (Å²) in [6, 6.07) is 57.4. The Kier molecular flexibility index (Phi) is 8.03. The first-order chi connectivity index (χ1) is 29.3. The Morgan fingerprint density at radius 2 is 1.51 bits per heavy atom. The molecule has 4 saturated carbocycles. The monoisotopic (exact) mass is 972 g/mol. The first kappa shape index (κ1) is 37.1. The van der Waals surface area contributed by atoms with E-state index in [1.165, 1.54) is 53.6 Å². The van der Waals surface area contributed by atoms with E-state index in [4.69, 9.17) is 9.72 Å². The van der Waals surface area contributed by atoms with Crippen LogP contribution < -0.4 is 14.5 Å². The molecule has 1 spiro atoms. The van der Waals surface area contributed by atoms with E-state index in [2.05, 4.69) is 181 Å². The van der Waals surface area contributed by atoms with Crippen LogP contribution in [-0.2, 0) is 31.9 Å². The van der Waals surface area contributed by atoms with Crippen molar-refractivity contribution in [3.05, 3.63) is 176 Å². The number of anilines is 4. The number of benzene rings is 6. The van der Waals surface area contributed by atoms with Crippen molar-refractivity contribution in [3.63, 3.8) is 0 Å². The summed E-state index contributed by atoms with van der Waals surface area (Å²) in [5.41, 5.74) is 12.7. The zero-order valence-electron chi connectivity index (χ0n) is 34.5. The molecule has 5 nitrogen and oxygen atoms in total. The maximum atomic E-state index is 6.65. The summed E-state index contributed by atoms with van der Waals surface area (Å²) in [6.45, 7) is 8.95. The molecule has 0 bridgehead atoms. The van der Waals surface area contributed by atoms with Crippen LogP contribution in [0.4, 0.5) is 22.7 Å². The molecular weight excluding hydrogens is 928 g/mol. The van der Waals surface area contributed by atoms with Crippen LogP contribution in [0.1, 0.15) is 57.6 Å². The Morgan fingerprint density at radius 1 is 0.721 bits per heavy atom. The fourth-order valence-corrected chi connectivity index (χ4v) is 12.4. The molecular formula is C55H45N4OPt-3. The van der Waals surface area contributed by atoms with E-state index in [9.17, 15) is 0 Å². The topological polar surface area (TPSA) is 33.5 Å². The van der Waals surface area contributed by atoms with E-state index < -0.39 is 0 Å². The molecule has 2 aromatic heterocycles. The molecule has 5 unspecified atom stereocenters. The molecule has 304 valence electrons. The third-order valence-corrected chi connectivity index (χ3v) is 15.0. The zero-order chi connectivity index (χ0) is 40.0. The first-order valence-electron chi connectivity index (χ1n) is 21.6. The van der Waals surface area contributed by atoms with Gasteiger partial charge in [-0.25, -0.2) is 4.98 Å². The van der Waals surface area contributed by atoms with Crippen LogP contribution in [0.5, 0.6) is 11.5 Å². The smallest absolute Gasteiger partial charge is 0.135 e. The fourth-order valence-electron chi connectivity index (χ4n) is 12.4. The number of ether oxygens (including phenoxy) is 1. The van der Waals surface area contributed by atoms with Crippen molar-refractivity contribution in [2.24, 2.45) is 23.2 Å². The van der Waals surface area contributed by atoms with Crippen molar-refractivity contribution in [2.45, 2.75) is 57.3 Å². The number of aromatic nitrogens is 2. The third kappa shape index (κ3) is 5.38. The number of rotatable bonds is 7. The Bertz CT molecular complexity index is 3060. The summed E-state index contributed by atoms with van der Waals surface area (Å²) in [5, 5.41) is 2.26. The number of pyridine rings is 1. The van der Waals surface area contributed by atoms with Gasteiger partial charge in [0, 0.05) is 66.9 Å². The second-order valence-electron chi connectivity index (χ2n) is 19.2. The summed E-state index contributed by atoms with van der Waals surface area (Å²) in [5.74, 6) is 4.97. The van der Waals surface area contributed by atoms with E-state index in [0.29, 0.717) is 22.3 Å². The van der Waals surface area contributed by atoms with Gasteiger partial charge >= 0.3 is 0 Å². The van der Waals surface area contributed by atoms with Gasteiger partial charge in [-0.1, -0.05) is 99.1 Å². The van der Waals surface area contributed by atoms with Gasteiger partial charge in [-0.3, -0.25) is 0 Å². The van der Waals surface area contributed by atoms with Crippen LogP contribution in [0.15, 0.2) is 146 Å². The van der Waals surface area contributed by atoms with Crippen molar-refractivity contribution in [1.29, 1.82) is 0 Å². The third-order valence-electron chi connectivity index (χ3n) is 15.0. The van der Waals surface area contributed by atoms with Crippen molar-refractivity contribution >= 4 is 44.6 Å². The average Bonchev–Trinajstić information content (AvgIpc) is 3.61. The second kappa shape index (κ2) is 13.2. The van der Waals surface area contributed by atoms with Gasteiger partial charge in [0.15, 0.2) is 0 Å². The molecule has 0 radical (unpaired) electrons. The first-order valence-corrected chi connectivity index (χ1v) is 21.6. The van der Waals surface area contributed by atoms with Gasteiger partial charge in [0.1, 0.15) is 5.82 Å². The summed E-state index contributed by atoms with van der Waals surface area (Å²) in [6.07, 6.45) is 7.62. The molecule has 4 fully saturated rings. The minimum atomic E-state index is -0.0109. The van der Waals surface area contributed by atoms with Crippen molar-refractivity contribution in [1.82, 2.24) is 9.55 Å². The normalized spacial score (nSPS) is 24.1. The van der Waals surface area contributed by atoms with Gasteiger partial charge < -0.3 is 19.1 Å². The van der Waals surface area contributed by atoms with Gasteiger partial charge in [-0.05, 0) is 118 Å². The minimum absolute atomic E-state index is 0. The zero-order valence-corrected chi connectivity index (χ0v) is 36.8. The second-order valence-corrected chi connectivity index (χ2v) is 19.2. The molecule has 3 heterocycles. The largest absolute Gasteiger partial charge is 0.509 e. The Hall–Kier alpha value is -5.64. The van der Waals surface area contributed by atoms with E-state index >= 15 is 0 Å². The Balaban J connectivity index is 0.00000399. The van der Waals surface area contributed by atoms with Crippen molar-refractivity contribution in [3.8, 4) is 28.4 Å². The molecule has 8 aromatic rings. The minimum Gasteiger partial charge on any atom is -0.509 e. The number of hydrogen-bond donors (Lipinski definition) is 0. The molecule has 0 amide bonds. The summed E-state index contributed by atoms with van der Waals surface area (Å²) < 4.78 is 8.86. The van der Waals surface area contributed by atoms with Crippen LogP contribution in [0.25, 0.3) is 38.8 Å². The molecule has 61 heavy (non-hydrogen) atoms.